The van der Waals surface area contributed by atoms with E-state index < -0.39 is 57.6 Å². The Morgan fingerprint density at radius 3 is 1.24 bits per heavy atom. The van der Waals surface area contributed by atoms with Gasteiger partial charge in [-0.15, -0.1) is 55.6 Å². The minimum absolute atomic E-state index is 0.0457. The van der Waals surface area contributed by atoms with Crippen LogP contribution in [0.3, 0.4) is 0 Å². The summed E-state index contributed by atoms with van der Waals surface area (Å²) in [4.78, 5) is 57.1. The van der Waals surface area contributed by atoms with Gasteiger partial charge in [-0.3, -0.25) is 34.4 Å². The molecular weight excluding hydrogens is 989 g/mol. The third kappa shape index (κ3) is 17.9. The second kappa shape index (κ2) is 27.5. The number of H-pyrrole nitrogens is 1. The Balaban J connectivity index is 0.000000266. The van der Waals surface area contributed by atoms with E-state index in [1.807, 2.05) is 62.4 Å². The van der Waals surface area contributed by atoms with Crippen LogP contribution in [0.1, 0.15) is 55.8 Å². The summed E-state index contributed by atoms with van der Waals surface area (Å²) in [6.07, 6.45) is 1.98. The molecule has 350 valence electrons. The summed E-state index contributed by atoms with van der Waals surface area (Å²) in [6.45, 7) is 7.96. The summed E-state index contributed by atoms with van der Waals surface area (Å²) in [5.41, 5.74) is 5.07. The van der Waals surface area contributed by atoms with Crippen molar-refractivity contribution in [3.05, 3.63) is 186 Å². The topological polar surface area (TPSA) is 148 Å². The summed E-state index contributed by atoms with van der Waals surface area (Å²) in [5, 5.41) is 19.0. The second-order valence-corrected chi connectivity index (χ2v) is 16.2. The van der Waals surface area contributed by atoms with Crippen molar-refractivity contribution in [3.63, 3.8) is 0 Å². The maximum atomic E-state index is 12.3. The molecule has 6 aromatic rings. The van der Waals surface area contributed by atoms with E-state index in [9.17, 15) is 45.9 Å². The van der Waals surface area contributed by atoms with Gasteiger partial charge < -0.3 is 4.98 Å². The lowest BCUT2D eigenvalue weighted by atomic mass is 10.1. The number of aromatic amines is 1. The van der Waals surface area contributed by atoms with E-state index in [-0.39, 0.29) is 39.7 Å². The Kier molecular flexibility index (Phi) is 23.8. The first-order chi connectivity index (χ1) is 30.9. The number of nitrogens with one attached hydrogen (secondary N) is 1. The molecule has 8 rings (SSSR count). The molecular formula is C45H40Cl2F5N3O7S4. The highest BCUT2D eigenvalue weighted by Gasteiger charge is 2.34. The average Bonchev–Trinajstić information content (AvgIpc) is 3.71. The van der Waals surface area contributed by atoms with Crippen LogP contribution in [0, 0.1) is 56.8 Å². The van der Waals surface area contributed by atoms with Crippen molar-refractivity contribution in [2.24, 2.45) is 0 Å². The number of thiol groups is 4. The number of hydroxylamine groups is 4. The largest absolute Gasteiger partial charge is 0.329 e. The molecule has 3 heterocycles. The van der Waals surface area contributed by atoms with E-state index in [0.717, 1.165) is 25.8 Å². The number of amides is 4. The smallest absolute Gasteiger partial charge is 0.285 e. The lowest BCUT2D eigenvalue weighted by Gasteiger charge is -2.01. The summed E-state index contributed by atoms with van der Waals surface area (Å²) in [5.74, 6) is -12.3. The van der Waals surface area contributed by atoms with Crippen molar-refractivity contribution in [3.8, 4) is 0 Å². The van der Waals surface area contributed by atoms with Crippen LogP contribution >= 0.6 is 73.7 Å². The molecule has 3 N–H and O–H groups in total. The van der Waals surface area contributed by atoms with Crippen LogP contribution < -0.4 is 5.56 Å². The van der Waals surface area contributed by atoms with Gasteiger partial charge in [-0.2, -0.15) is 5.06 Å². The molecule has 0 saturated carbocycles. The summed E-state index contributed by atoms with van der Waals surface area (Å²) in [6, 6.07) is 29.2. The molecule has 21 heteroatoms. The monoisotopic (exact) mass is 1030 g/mol. The fraction of sp³-hybridized carbons (Fsp3) is 0.133. The normalized spacial score (nSPS) is 12.0. The van der Waals surface area contributed by atoms with Gasteiger partial charge in [0.1, 0.15) is 0 Å². The number of pyridine rings is 1. The minimum Gasteiger partial charge on any atom is -0.329 e. The molecule has 0 bridgehead atoms. The van der Waals surface area contributed by atoms with Crippen LogP contribution in [0.5, 0.6) is 0 Å². The molecule has 0 unspecified atom stereocenters. The van der Waals surface area contributed by atoms with Crippen LogP contribution in [0.15, 0.2) is 128 Å². The number of benzene rings is 5. The van der Waals surface area contributed by atoms with E-state index in [1.165, 1.54) is 29.3 Å². The van der Waals surface area contributed by atoms with Crippen molar-refractivity contribution in [1.29, 1.82) is 0 Å². The third-order valence-corrected chi connectivity index (χ3v) is 10.4. The van der Waals surface area contributed by atoms with Gasteiger partial charge in [0.15, 0.2) is 23.3 Å². The van der Waals surface area contributed by atoms with Crippen LogP contribution in [0.25, 0.3) is 0 Å². The number of carbonyl (C=O) groups excluding carboxylic acids is 4. The number of hydrogen-bond donors (Lipinski definition) is 7. The van der Waals surface area contributed by atoms with Gasteiger partial charge in [0.2, 0.25) is 11.4 Å². The molecule has 5 aromatic carbocycles. The Bertz CT molecular complexity index is 2410. The summed E-state index contributed by atoms with van der Waals surface area (Å²) in [7, 11) is 0. The van der Waals surface area contributed by atoms with Crippen LogP contribution in [-0.4, -0.2) is 49.2 Å². The maximum Gasteiger partial charge on any atom is 0.285 e. The lowest BCUT2D eigenvalue weighted by Crippen LogP contribution is -2.25. The summed E-state index contributed by atoms with van der Waals surface area (Å²) < 4.78 is 61.3. The van der Waals surface area contributed by atoms with Crippen LogP contribution in [0.4, 0.5) is 22.0 Å². The van der Waals surface area contributed by atoms with Gasteiger partial charge in [0.05, 0.1) is 21.0 Å². The molecule has 4 amide bonds. The molecule has 10 nitrogen and oxygen atoms in total. The zero-order chi connectivity index (χ0) is 50.0. The zero-order valence-electron chi connectivity index (χ0n) is 35.0. The van der Waals surface area contributed by atoms with Gasteiger partial charge in [-0.1, -0.05) is 76.8 Å². The Labute approximate surface area is 407 Å². The van der Waals surface area contributed by atoms with E-state index in [1.54, 1.807) is 36.5 Å². The first kappa shape index (κ1) is 57.0. The number of hydrogen-bond acceptors (Lipinski definition) is 11. The van der Waals surface area contributed by atoms with Crippen LogP contribution in [-0.2, 0) is 9.59 Å². The molecule has 0 radical (unpaired) electrons. The van der Waals surface area contributed by atoms with Gasteiger partial charge >= 0.3 is 0 Å². The minimum atomic E-state index is -2.18. The number of rotatable bonds is 0. The first-order valence-electron chi connectivity index (χ1n) is 18.6. The maximum absolute atomic E-state index is 12.3. The van der Waals surface area contributed by atoms with Gasteiger partial charge in [0.25, 0.3) is 23.6 Å². The Morgan fingerprint density at radius 2 is 0.924 bits per heavy atom. The molecule has 1 aromatic heterocycles. The lowest BCUT2D eigenvalue weighted by molar-refractivity contribution is -0.171. The highest BCUT2D eigenvalue weighted by atomic mass is 35.5. The van der Waals surface area contributed by atoms with Crippen molar-refractivity contribution in [2.45, 2.75) is 60.1 Å². The molecule has 2 aliphatic heterocycles. The highest BCUT2D eigenvalue weighted by molar-refractivity contribution is 7.80. The van der Waals surface area contributed by atoms with Crippen molar-refractivity contribution in [1.82, 2.24) is 15.1 Å². The fourth-order valence-corrected chi connectivity index (χ4v) is 5.69. The number of aromatic nitrogens is 1. The zero-order valence-corrected chi connectivity index (χ0v) is 40.1. The van der Waals surface area contributed by atoms with E-state index >= 15 is 0 Å². The number of nitrogens with zero attached hydrogens (tertiary/aromatic N) is 2. The Morgan fingerprint density at radius 1 is 0.530 bits per heavy atom. The molecule has 0 atom stereocenters. The second-order valence-electron chi connectivity index (χ2n) is 13.4. The molecule has 2 aliphatic rings. The highest BCUT2D eigenvalue weighted by Crippen LogP contribution is 2.27. The molecule has 1 saturated heterocycles. The first-order valence-corrected chi connectivity index (χ1v) is 21.1. The Hall–Kier alpha value is -5.12. The van der Waals surface area contributed by atoms with Crippen molar-refractivity contribution >= 4 is 97.3 Å². The number of carbonyl (C=O) groups is 4. The van der Waals surface area contributed by atoms with E-state index in [2.05, 4.69) is 69.3 Å². The number of imide groups is 2. The number of aryl methyl sites for hydroxylation is 4. The van der Waals surface area contributed by atoms with Crippen molar-refractivity contribution in [2.75, 3.05) is 0 Å². The van der Waals surface area contributed by atoms with E-state index in [0.29, 0.717) is 10.0 Å². The third-order valence-electron chi connectivity index (χ3n) is 8.22. The molecule has 1 fully saturated rings. The van der Waals surface area contributed by atoms with Crippen LogP contribution in [0.2, 0.25) is 10.0 Å². The van der Waals surface area contributed by atoms with Gasteiger partial charge in [-0.05, 0) is 87.4 Å². The number of fused-ring (bicyclic) bond motifs is 1. The molecule has 0 spiro atoms. The quantitative estimate of drug-likeness (QED) is 0.0200. The van der Waals surface area contributed by atoms with Gasteiger partial charge in [-0.25, -0.2) is 22.0 Å². The predicted molar refractivity (Wildman–Crippen MR) is 252 cm³/mol. The summed E-state index contributed by atoms with van der Waals surface area (Å²) >= 11 is 27.0. The number of halogens is 7. The average molecular weight is 1030 g/mol. The molecule has 0 aliphatic carbocycles. The standard InChI is InChI=1S/C8H5NO3.C7H6Cl2S.2C7H8S.C6HF5S.C6H7NO.C4H5NO3/c10-7-5-3-1-2-4-6(5)8(11)9(7)12;1-4-2-6(9)7(10)3-5(4)8;2*1-6-2-4-7(8)5-3-6;7-1-2(8)4(10)6(12)5(11)3(1)9;1-5-2-3-6(8)7-4-5;6-3-1-2-4(7)5(3)8/h1-4,12H;2-3,10H,1H3;2*2-5,8H,1H3;12H;2-4H,1H3,(H,7,8);8H,1-2H2. The SMILES string of the molecule is Cc1cc(Cl)c(S)cc1Cl.Cc1ccc(=O)[nH]c1.Cc1ccc(S)cc1.Cc1ccc(S)cc1.Fc1c(F)c(F)c(S)c(F)c1F.O=C1CCC(=O)N1O.O=C1c2ccccc2C(=O)N1O. The predicted octanol–water partition coefficient (Wildman–Crippen LogP) is 11.7. The molecule has 66 heavy (non-hydrogen) atoms. The fourth-order valence-electron chi connectivity index (χ4n) is 4.55. The van der Waals surface area contributed by atoms with E-state index in [4.69, 9.17) is 33.6 Å². The van der Waals surface area contributed by atoms with Crippen molar-refractivity contribution < 1.29 is 51.5 Å². The van der Waals surface area contributed by atoms with Gasteiger partial charge in [0, 0.05) is 44.8 Å².